The van der Waals surface area contributed by atoms with Crippen molar-refractivity contribution in [1.82, 2.24) is 29.6 Å². The van der Waals surface area contributed by atoms with Crippen LogP contribution in [0.15, 0.2) is 46.7 Å². The fraction of sp³-hybridized carbons (Fsp3) is 0.176. The third-order valence-electron chi connectivity index (χ3n) is 3.79. The molecule has 10 heteroatoms. The Balaban J connectivity index is 1.43. The van der Waals surface area contributed by atoms with Gasteiger partial charge in [0.15, 0.2) is 6.54 Å². The summed E-state index contributed by atoms with van der Waals surface area (Å²) in [5.74, 6) is -0.0885. The highest BCUT2D eigenvalue weighted by Crippen LogP contribution is 2.19. The maximum Gasteiger partial charge on any atom is 0.330 e. The summed E-state index contributed by atoms with van der Waals surface area (Å²) in [5.41, 5.74) is 1.55. The van der Waals surface area contributed by atoms with Crippen LogP contribution in [0.1, 0.15) is 11.3 Å². The predicted molar refractivity (Wildman–Crippen MR) is 97.1 cm³/mol. The van der Waals surface area contributed by atoms with E-state index in [2.05, 4.69) is 20.4 Å². The number of aromatic nitrogens is 6. The van der Waals surface area contributed by atoms with Gasteiger partial charge in [-0.1, -0.05) is 12.1 Å². The molecule has 0 saturated carbocycles. The standard InChI is InChI=1S/C17H14N6O3S/c1-11-4-2-6-22-14(24)8-12(18-17(11)22)10-26-15(25)9-23-20-16(19-21-23)13-5-3-7-27-13/h2-8H,9-10H2,1H3. The van der Waals surface area contributed by atoms with Crippen molar-refractivity contribution in [3.63, 3.8) is 0 Å². The molecule has 0 saturated heterocycles. The summed E-state index contributed by atoms with van der Waals surface area (Å²) in [6.07, 6.45) is 1.65. The van der Waals surface area contributed by atoms with Crippen molar-refractivity contribution in [2.24, 2.45) is 0 Å². The van der Waals surface area contributed by atoms with E-state index in [9.17, 15) is 9.59 Å². The van der Waals surface area contributed by atoms with E-state index in [-0.39, 0.29) is 18.7 Å². The van der Waals surface area contributed by atoms with Gasteiger partial charge in [-0.15, -0.1) is 21.5 Å². The summed E-state index contributed by atoms with van der Waals surface area (Å²) < 4.78 is 6.65. The Labute approximate surface area is 156 Å². The number of esters is 1. The van der Waals surface area contributed by atoms with Crippen molar-refractivity contribution >= 4 is 23.0 Å². The first-order chi connectivity index (χ1) is 13.1. The van der Waals surface area contributed by atoms with Gasteiger partial charge < -0.3 is 4.74 Å². The molecule has 0 unspecified atom stereocenters. The Morgan fingerprint density at radius 1 is 1.30 bits per heavy atom. The molecule has 136 valence electrons. The van der Waals surface area contributed by atoms with Gasteiger partial charge in [0.25, 0.3) is 5.56 Å². The number of tetrazole rings is 1. The van der Waals surface area contributed by atoms with Crippen LogP contribution in [0, 0.1) is 6.92 Å². The number of hydrogen-bond donors (Lipinski definition) is 0. The lowest BCUT2D eigenvalue weighted by Crippen LogP contribution is -2.19. The second-order valence-corrected chi connectivity index (χ2v) is 6.70. The van der Waals surface area contributed by atoms with E-state index < -0.39 is 5.97 Å². The molecule has 0 aromatic carbocycles. The number of fused-ring (bicyclic) bond motifs is 1. The molecule has 0 radical (unpaired) electrons. The van der Waals surface area contributed by atoms with Gasteiger partial charge in [-0.3, -0.25) is 9.20 Å². The van der Waals surface area contributed by atoms with Crippen molar-refractivity contribution in [2.75, 3.05) is 0 Å². The largest absolute Gasteiger partial charge is 0.458 e. The zero-order valence-electron chi connectivity index (χ0n) is 14.3. The number of ether oxygens (including phenoxy) is 1. The van der Waals surface area contributed by atoms with Crippen molar-refractivity contribution in [1.29, 1.82) is 0 Å². The monoisotopic (exact) mass is 382 g/mol. The molecular weight excluding hydrogens is 368 g/mol. The minimum atomic E-state index is -0.545. The summed E-state index contributed by atoms with van der Waals surface area (Å²) in [6, 6.07) is 8.74. The zero-order valence-corrected chi connectivity index (χ0v) is 15.1. The molecule has 0 amide bonds. The fourth-order valence-electron chi connectivity index (χ4n) is 2.51. The Kier molecular flexibility index (Phi) is 4.47. The van der Waals surface area contributed by atoms with Crippen LogP contribution in [0.25, 0.3) is 16.3 Å². The second kappa shape index (κ2) is 7.08. The van der Waals surface area contributed by atoms with Crippen molar-refractivity contribution in [2.45, 2.75) is 20.1 Å². The van der Waals surface area contributed by atoms with Crippen molar-refractivity contribution in [3.05, 3.63) is 63.5 Å². The van der Waals surface area contributed by atoms with Gasteiger partial charge in [-0.2, -0.15) is 4.80 Å². The Hall–Kier alpha value is -3.40. The topological polar surface area (TPSA) is 104 Å². The van der Waals surface area contributed by atoms with Gasteiger partial charge >= 0.3 is 5.97 Å². The van der Waals surface area contributed by atoms with Crippen LogP contribution in [0.4, 0.5) is 0 Å². The number of thiophene rings is 1. The first-order valence-electron chi connectivity index (χ1n) is 8.05. The molecular formula is C17H14N6O3S. The molecule has 0 fully saturated rings. The molecule has 0 spiro atoms. The first-order valence-corrected chi connectivity index (χ1v) is 8.93. The van der Waals surface area contributed by atoms with E-state index in [1.54, 1.807) is 12.3 Å². The maximum atomic E-state index is 12.2. The normalized spacial score (nSPS) is 11.0. The second-order valence-electron chi connectivity index (χ2n) is 5.75. The molecule has 9 nitrogen and oxygen atoms in total. The van der Waals surface area contributed by atoms with E-state index in [1.165, 1.54) is 26.6 Å². The molecule has 0 aliphatic carbocycles. The highest BCUT2D eigenvalue weighted by Gasteiger charge is 2.12. The van der Waals surface area contributed by atoms with Crippen LogP contribution in [0.2, 0.25) is 0 Å². The average molecular weight is 382 g/mol. The molecule has 0 atom stereocenters. The molecule has 4 rings (SSSR count). The summed E-state index contributed by atoms with van der Waals surface area (Å²) in [5, 5.41) is 13.8. The number of nitrogens with zero attached hydrogens (tertiary/aromatic N) is 6. The van der Waals surface area contributed by atoms with E-state index in [4.69, 9.17) is 4.74 Å². The van der Waals surface area contributed by atoms with Crippen LogP contribution < -0.4 is 5.56 Å². The average Bonchev–Trinajstić information content (AvgIpc) is 3.32. The minimum Gasteiger partial charge on any atom is -0.458 e. The van der Waals surface area contributed by atoms with Crippen molar-refractivity contribution in [3.8, 4) is 10.7 Å². The summed E-state index contributed by atoms with van der Waals surface area (Å²) in [4.78, 5) is 30.6. The smallest absolute Gasteiger partial charge is 0.330 e. The van der Waals surface area contributed by atoms with Crippen molar-refractivity contribution < 1.29 is 9.53 Å². The third kappa shape index (κ3) is 3.60. The molecule has 0 aliphatic rings. The van der Waals surface area contributed by atoms with E-state index >= 15 is 0 Å². The molecule has 4 heterocycles. The quantitative estimate of drug-likeness (QED) is 0.481. The number of pyridine rings is 1. The Morgan fingerprint density at radius 3 is 3.00 bits per heavy atom. The number of carbonyl (C=O) groups is 1. The predicted octanol–water partition coefficient (Wildman–Crippen LogP) is 1.46. The lowest BCUT2D eigenvalue weighted by atomic mass is 10.3. The Bertz CT molecular complexity index is 1170. The lowest BCUT2D eigenvalue weighted by Gasteiger charge is -2.07. The highest BCUT2D eigenvalue weighted by atomic mass is 32.1. The molecule has 0 bridgehead atoms. The van der Waals surface area contributed by atoms with Gasteiger partial charge in [0.2, 0.25) is 5.82 Å². The minimum absolute atomic E-state index is 0.106. The first kappa shape index (κ1) is 17.0. The number of aryl methyl sites for hydroxylation is 1. The van der Waals surface area contributed by atoms with Crippen LogP contribution in [0.3, 0.4) is 0 Å². The lowest BCUT2D eigenvalue weighted by molar-refractivity contribution is -0.146. The van der Waals surface area contributed by atoms with Crippen LogP contribution >= 0.6 is 11.3 Å². The highest BCUT2D eigenvalue weighted by molar-refractivity contribution is 7.13. The van der Waals surface area contributed by atoms with E-state index in [1.807, 2.05) is 30.5 Å². The van der Waals surface area contributed by atoms with E-state index in [0.29, 0.717) is 17.2 Å². The van der Waals surface area contributed by atoms with Gasteiger partial charge in [-0.25, -0.2) is 9.78 Å². The van der Waals surface area contributed by atoms with E-state index in [0.717, 1.165) is 10.4 Å². The van der Waals surface area contributed by atoms with Gasteiger partial charge in [0.1, 0.15) is 12.3 Å². The zero-order chi connectivity index (χ0) is 18.8. The molecule has 4 aromatic heterocycles. The van der Waals surface area contributed by atoms with Gasteiger partial charge in [0.05, 0.1) is 10.6 Å². The Morgan fingerprint density at radius 2 is 2.19 bits per heavy atom. The van der Waals surface area contributed by atoms with Gasteiger partial charge in [-0.05, 0) is 35.2 Å². The number of carbonyl (C=O) groups excluding carboxylic acids is 1. The van der Waals surface area contributed by atoms with Crippen LogP contribution in [0.5, 0.6) is 0 Å². The fourth-order valence-corrected chi connectivity index (χ4v) is 3.16. The summed E-state index contributed by atoms with van der Waals surface area (Å²) in [7, 11) is 0. The van der Waals surface area contributed by atoms with Gasteiger partial charge in [0, 0.05) is 12.3 Å². The van der Waals surface area contributed by atoms with Crippen LogP contribution in [-0.4, -0.2) is 35.6 Å². The third-order valence-corrected chi connectivity index (χ3v) is 4.65. The molecule has 0 N–H and O–H groups in total. The molecule has 27 heavy (non-hydrogen) atoms. The SMILES string of the molecule is Cc1cccn2c(=O)cc(COC(=O)Cn3nnc(-c4cccs4)n3)nc12. The van der Waals surface area contributed by atoms with Crippen LogP contribution in [-0.2, 0) is 22.7 Å². The summed E-state index contributed by atoms with van der Waals surface area (Å²) in [6.45, 7) is 1.58. The maximum absolute atomic E-state index is 12.2. The molecule has 0 aliphatic heterocycles. The number of rotatable bonds is 5. The molecule has 4 aromatic rings. The summed E-state index contributed by atoms with van der Waals surface area (Å²) >= 11 is 1.48. The number of hydrogen-bond acceptors (Lipinski definition) is 8.